The Kier molecular flexibility index (Phi) is 2.67. The lowest BCUT2D eigenvalue weighted by Crippen LogP contribution is -2.38. The van der Waals surface area contributed by atoms with Crippen LogP contribution in [0.4, 0.5) is 0 Å². The van der Waals surface area contributed by atoms with E-state index in [1.54, 1.807) is 0 Å². The summed E-state index contributed by atoms with van der Waals surface area (Å²) in [5.41, 5.74) is 0. The number of carbonyl (C=O) groups is 1. The topological polar surface area (TPSA) is 38.3 Å². The fourth-order valence-electron chi connectivity index (χ4n) is 0.797. The number of rotatable bonds is 2. The van der Waals surface area contributed by atoms with Gasteiger partial charge < -0.3 is 14.8 Å². The van der Waals surface area contributed by atoms with Gasteiger partial charge >= 0.3 is 0 Å². The molecule has 0 aromatic rings. The van der Waals surface area contributed by atoms with E-state index in [9.17, 15) is 4.79 Å². The zero-order chi connectivity index (χ0) is 6.53. The van der Waals surface area contributed by atoms with Crippen molar-refractivity contribution in [2.45, 2.75) is 6.10 Å². The Labute approximate surface area is 54.4 Å². The molecule has 0 saturated carbocycles. The average molecular weight is 128 g/mol. The summed E-state index contributed by atoms with van der Waals surface area (Å²) in [4.78, 5) is 9.91. The van der Waals surface area contributed by atoms with Gasteiger partial charge in [0, 0.05) is 13.1 Å². The number of carbonyl (C=O) groups excluding carboxylic acids is 1. The van der Waals surface area contributed by atoms with Gasteiger partial charge in [-0.15, -0.1) is 0 Å². The van der Waals surface area contributed by atoms with Crippen molar-refractivity contribution in [2.75, 3.05) is 19.7 Å². The predicted molar refractivity (Wildman–Crippen MR) is 33.0 cm³/mol. The van der Waals surface area contributed by atoms with Gasteiger partial charge in [0.2, 0.25) is 0 Å². The molecule has 3 heteroatoms. The van der Waals surface area contributed by atoms with E-state index < -0.39 is 0 Å². The highest BCUT2D eigenvalue weighted by Gasteiger charge is 2.11. The first-order chi connectivity index (χ1) is 4.43. The highest BCUT2D eigenvalue weighted by Crippen LogP contribution is 1.96. The Bertz CT molecular complexity index is 89.1. The predicted octanol–water partition coefficient (Wildman–Crippen LogP) is -0.622. The van der Waals surface area contributed by atoms with Gasteiger partial charge in [0.25, 0.3) is 0 Å². The maximum Gasteiger partial charge on any atom is 0.126 e. The lowest BCUT2D eigenvalue weighted by atomic mass is 10.2. The highest BCUT2D eigenvalue weighted by molar-refractivity contribution is 5.62. The molecule has 3 nitrogen and oxygen atoms in total. The summed E-state index contributed by atoms with van der Waals surface area (Å²) in [5, 5.41) is 3.10. The van der Waals surface area contributed by atoms with Gasteiger partial charge in [0.15, 0.2) is 0 Å². The first-order valence-corrected chi connectivity index (χ1v) is 3.04. The maximum absolute atomic E-state index is 9.91. The average Bonchev–Trinajstić information content (AvgIpc) is 1.91. The molecule has 1 N–H and O–H groups in total. The third-order valence-corrected chi connectivity index (χ3v) is 1.25. The van der Waals surface area contributed by atoms with Crippen LogP contribution in [0.1, 0.15) is 0 Å². The summed E-state index contributed by atoms with van der Waals surface area (Å²) >= 11 is 0. The van der Waals surface area contributed by atoms with Crippen LogP contribution in [0, 0.1) is 6.42 Å². The number of hydrogen-bond acceptors (Lipinski definition) is 3. The van der Waals surface area contributed by atoms with E-state index >= 15 is 0 Å². The van der Waals surface area contributed by atoms with Crippen LogP contribution in [0.5, 0.6) is 0 Å². The monoisotopic (exact) mass is 128 g/mol. The first-order valence-electron chi connectivity index (χ1n) is 3.04. The molecule has 0 aromatic heterocycles. The summed E-state index contributed by atoms with van der Waals surface area (Å²) in [7, 11) is 0. The molecular weight excluding hydrogens is 118 g/mol. The second kappa shape index (κ2) is 3.58. The molecule has 1 fully saturated rings. The molecule has 1 rings (SSSR count). The van der Waals surface area contributed by atoms with Crippen molar-refractivity contribution in [2.24, 2.45) is 0 Å². The zero-order valence-corrected chi connectivity index (χ0v) is 5.17. The van der Waals surface area contributed by atoms with Crippen LogP contribution in [0.25, 0.3) is 0 Å². The Balaban J connectivity index is 2.15. The smallest absolute Gasteiger partial charge is 0.126 e. The summed E-state index contributed by atoms with van der Waals surface area (Å²) < 4.78 is 5.17. The minimum atomic E-state index is -0.00347. The molecule has 9 heavy (non-hydrogen) atoms. The largest absolute Gasteiger partial charge is 0.375 e. The number of hydrogen-bond donors (Lipinski definition) is 1. The van der Waals surface area contributed by atoms with Crippen molar-refractivity contribution < 1.29 is 9.53 Å². The summed E-state index contributed by atoms with van der Waals surface area (Å²) in [5.74, 6) is 0. The third kappa shape index (κ3) is 2.11. The van der Waals surface area contributed by atoms with Crippen molar-refractivity contribution in [1.82, 2.24) is 5.32 Å². The van der Waals surface area contributed by atoms with Crippen LogP contribution in [0.2, 0.25) is 0 Å². The van der Waals surface area contributed by atoms with E-state index in [4.69, 9.17) is 4.74 Å². The first kappa shape index (κ1) is 6.71. The maximum atomic E-state index is 9.91. The number of nitrogens with one attached hydrogen (secondary N) is 1. The second-order valence-corrected chi connectivity index (χ2v) is 1.94. The molecule has 0 aromatic carbocycles. The minimum absolute atomic E-state index is 0.00347. The molecule has 1 heterocycles. The highest BCUT2D eigenvalue weighted by atomic mass is 16.5. The van der Waals surface area contributed by atoms with Gasteiger partial charge in [0.05, 0.1) is 19.1 Å². The quantitative estimate of drug-likeness (QED) is 0.503. The Morgan fingerprint density at radius 2 is 2.56 bits per heavy atom. The van der Waals surface area contributed by atoms with Crippen molar-refractivity contribution in [1.29, 1.82) is 0 Å². The summed E-state index contributed by atoms with van der Waals surface area (Å²) in [6.07, 6.45) is 2.29. The van der Waals surface area contributed by atoms with Crippen LogP contribution >= 0.6 is 0 Å². The fraction of sp³-hybridized carbons (Fsp3) is 0.667. The lowest BCUT2D eigenvalue weighted by molar-refractivity contribution is -0.106. The van der Waals surface area contributed by atoms with Crippen LogP contribution in [0.3, 0.4) is 0 Å². The second-order valence-electron chi connectivity index (χ2n) is 1.94. The van der Waals surface area contributed by atoms with Gasteiger partial charge in [-0.3, -0.25) is 0 Å². The van der Waals surface area contributed by atoms with Crippen LogP contribution in [-0.2, 0) is 9.53 Å². The molecule has 0 amide bonds. The van der Waals surface area contributed by atoms with E-state index in [2.05, 4.69) is 5.32 Å². The van der Waals surface area contributed by atoms with Gasteiger partial charge in [-0.1, -0.05) is 0 Å². The number of aldehydes is 1. The molecular formula is C6H10NO2. The molecule has 0 bridgehead atoms. The molecule has 0 spiro atoms. The third-order valence-electron chi connectivity index (χ3n) is 1.25. The summed E-state index contributed by atoms with van der Waals surface area (Å²) in [6, 6.07) is 0. The standard InChI is InChI=1S/C6H10NO2/c8-3-1-6-5-7-2-4-9-6/h1,3,6-7H,2,4-5H2. The molecule has 1 saturated heterocycles. The molecule has 1 aliphatic heterocycles. The Hall–Kier alpha value is -0.410. The summed E-state index contributed by atoms with van der Waals surface area (Å²) in [6.45, 7) is 2.36. The van der Waals surface area contributed by atoms with E-state index in [0.717, 1.165) is 19.4 Å². The van der Waals surface area contributed by atoms with Gasteiger partial charge in [-0.05, 0) is 0 Å². The van der Waals surface area contributed by atoms with Gasteiger partial charge in [-0.2, -0.15) is 0 Å². The lowest BCUT2D eigenvalue weighted by Gasteiger charge is -2.20. The fourth-order valence-corrected chi connectivity index (χ4v) is 0.797. The van der Waals surface area contributed by atoms with Crippen molar-refractivity contribution >= 4 is 6.29 Å². The van der Waals surface area contributed by atoms with Crippen molar-refractivity contribution in [3.05, 3.63) is 6.42 Å². The number of ether oxygens (including phenoxy) is 1. The molecule has 51 valence electrons. The zero-order valence-electron chi connectivity index (χ0n) is 5.17. The van der Waals surface area contributed by atoms with E-state index in [0.29, 0.717) is 6.61 Å². The Morgan fingerprint density at radius 3 is 3.11 bits per heavy atom. The van der Waals surface area contributed by atoms with E-state index in [-0.39, 0.29) is 6.10 Å². The normalized spacial score (nSPS) is 27.8. The Morgan fingerprint density at radius 1 is 1.67 bits per heavy atom. The molecule has 0 aliphatic carbocycles. The van der Waals surface area contributed by atoms with Gasteiger partial charge in [0.1, 0.15) is 6.29 Å². The van der Waals surface area contributed by atoms with Crippen LogP contribution < -0.4 is 5.32 Å². The minimum Gasteiger partial charge on any atom is -0.375 e. The van der Waals surface area contributed by atoms with Crippen LogP contribution in [-0.4, -0.2) is 32.1 Å². The number of morpholine rings is 1. The molecule has 1 unspecified atom stereocenters. The van der Waals surface area contributed by atoms with E-state index in [1.165, 1.54) is 6.42 Å². The SMILES string of the molecule is O=C[CH]C1CNCCO1. The molecule has 1 atom stereocenters. The van der Waals surface area contributed by atoms with Gasteiger partial charge in [-0.25, -0.2) is 0 Å². The van der Waals surface area contributed by atoms with Crippen molar-refractivity contribution in [3.8, 4) is 0 Å². The molecule has 1 aliphatic rings. The van der Waals surface area contributed by atoms with E-state index in [1.807, 2.05) is 0 Å². The van der Waals surface area contributed by atoms with Crippen molar-refractivity contribution in [3.63, 3.8) is 0 Å². The van der Waals surface area contributed by atoms with Crippen LogP contribution in [0.15, 0.2) is 0 Å². The molecule has 1 radical (unpaired) electrons.